The van der Waals surface area contributed by atoms with E-state index in [1.165, 1.54) is 22.5 Å². The minimum atomic E-state index is -3.71. The van der Waals surface area contributed by atoms with E-state index in [1.807, 2.05) is 27.7 Å². The molecule has 0 aliphatic heterocycles. The van der Waals surface area contributed by atoms with Crippen LogP contribution >= 0.6 is 22.9 Å². The smallest absolute Gasteiger partial charge is 0.288 e. The van der Waals surface area contributed by atoms with Crippen molar-refractivity contribution < 1.29 is 18.1 Å². The van der Waals surface area contributed by atoms with Crippen LogP contribution in [-0.2, 0) is 10.0 Å². The molecule has 3 aromatic rings. The molecule has 0 saturated carbocycles. The highest BCUT2D eigenvalue weighted by molar-refractivity contribution is 7.89. The summed E-state index contributed by atoms with van der Waals surface area (Å²) in [6, 6.07) is 8.42. The van der Waals surface area contributed by atoms with E-state index in [9.17, 15) is 23.3 Å². The van der Waals surface area contributed by atoms with Crippen molar-refractivity contribution in [2.24, 2.45) is 11.8 Å². The number of hydrogen-bond donors (Lipinski definition) is 1. The van der Waals surface area contributed by atoms with E-state index in [4.69, 9.17) is 11.6 Å². The number of rotatable bonds is 9. The van der Waals surface area contributed by atoms with Crippen LogP contribution in [0.5, 0.6) is 0 Å². The van der Waals surface area contributed by atoms with Gasteiger partial charge in [-0.2, -0.15) is 4.31 Å². The summed E-state index contributed by atoms with van der Waals surface area (Å²) in [5.74, 6) is -0.246. The largest absolute Gasteiger partial charge is 0.298 e. The Morgan fingerprint density at radius 1 is 1.15 bits per heavy atom. The number of aromatic nitrogens is 1. The van der Waals surface area contributed by atoms with Crippen LogP contribution in [0.2, 0.25) is 5.02 Å². The van der Waals surface area contributed by atoms with Gasteiger partial charge in [-0.25, -0.2) is 13.4 Å². The Bertz CT molecular complexity index is 1330. The van der Waals surface area contributed by atoms with Crippen molar-refractivity contribution in [2.75, 3.05) is 18.4 Å². The summed E-state index contributed by atoms with van der Waals surface area (Å²) in [6.45, 7) is 8.71. The lowest BCUT2D eigenvalue weighted by molar-refractivity contribution is -0.384. The Hall–Kier alpha value is -2.60. The monoisotopic (exact) mass is 524 g/mol. The zero-order valence-corrected chi connectivity index (χ0v) is 21.5. The third-order valence-corrected chi connectivity index (χ3v) is 7.84. The molecule has 3 rings (SSSR count). The topological polar surface area (TPSA) is 123 Å². The quantitative estimate of drug-likeness (QED) is 0.295. The summed E-state index contributed by atoms with van der Waals surface area (Å²) >= 11 is 6.92. The van der Waals surface area contributed by atoms with Crippen molar-refractivity contribution in [1.82, 2.24) is 9.29 Å². The van der Waals surface area contributed by atoms with Gasteiger partial charge in [-0.05, 0) is 42.2 Å². The SMILES string of the molecule is CC(C)CN(CC(C)C)S(=O)(=O)c1ccc2nc(NC(=O)c3ccc(Cl)c([N+](=O)[O-])c3)sc2c1. The summed E-state index contributed by atoms with van der Waals surface area (Å²) in [5, 5.41) is 13.9. The van der Waals surface area contributed by atoms with Gasteiger partial charge in [0.1, 0.15) is 5.02 Å². The lowest BCUT2D eigenvalue weighted by Crippen LogP contribution is -2.37. The average Bonchev–Trinajstić information content (AvgIpc) is 3.14. The van der Waals surface area contributed by atoms with E-state index in [2.05, 4.69) is 10.3 Å². The van der Waals surface area contributed by atoms with E-state index < -0.39 is 20.9 Å². The number of benzene rings is 2. The number of fused-ring (bicyclic) bond motifs is 1. The van der Waals surface area contributed by atoms with Crippen LogP contribution in [-0.4, -0.2) is 41.6 Å². The number of anilines is 1. The van der Waals surface area contributed by atoms with Crippen LogP contribution in [0.1, 0.15) is 38.1 Å². The number of carbonyl (C=O) groups excluding carboxylic acids is 1. The number of halogens is 1. The zero-order chi connectivity index (χ0) is 25.2. The maximum absolute atomic E-state index is 13.3. The van der Waals surface area contributed by atoms with Crippen molar-refractivity contribution in [3.8, 4) is 0 Å². The van der Waals surface area contributed by atoms with E-state index >= 15 is 0 Å². The third-order valence-electron chi connectivity index (χ3n) is 4.76. The Morgan fingerprint density at radius 3 is 2.38 bits per heavy atom. The number of nitro groups is 1. The molecule has 182 valence electrons. The standard InChI is InChI=1S/C22H25ClN4O5S2/c1-13(2)11-26(12-14(3)4)34(31,32)16-6-8-18-20(10-16)33-22(24-18)25-21(28)15-5-7-17(23)19(9-15)27(29)30/h5-10,13-14H,11-12H2,1-4H3,(H,24,25,28). The van der Waals surface area contributed by atoms with Crippen molar-refractivity contribution in [1.29, 1.82) is 0 Å². The van der Waals surface area contributed by atoms with Gasteiger partial charge in [-0.3, -0.25) is 20.2 Å². The molecule has 9 nitrogen and oxygen atoms in total. The summed E-state index contributed by atoms with van der Waals surface area (Å²) in [6.07, 6.45) is 0. The normalized spacial score (nSPS) is 12.1. The first kappa shape index (κ1) is 26.0. The number of hydrogen-bond acceptors (Lipinski definition) is 7. The van der Waals surface area contributed by atoms with Gasteiger partial charge in [0.15, 0.2) is 5.13 Å². The summed E-state index contributed by atoms with van der Waals surface area (Å²) in [7, 11) is -3.71. The van der Waals surface area contributed by atoms with Gasteiger partial charge in [-0.15, -0.1) is 0 Å². The number of nitrogens with zero attached hydrogens (tertiary/aromatic N) is 3. The molecule has 2 aromatic carbocycles. The van der Waals surface area contributed by atoms with Crippen molar-refractivity contribution in [3.63, 3.8) is 0 Å². The maximum atomic E-state index is 13.3. The van der Waals surface area contributed by atoms with Crippen molar-refractivity contribution >= 4 is 59.9 Å². The Balaban J connectivity index is 1.88. The van der Waals surface area contributed by atoms with Crippen LogP contribution in [0.4, 0.5) is 10.8 Å². The minimum absolute atomic E-state index is 0.0524. The maximum Gasteiger partial charge on any atom is 0.288 e. The highest BCUT2D eigenvalue weighted by Crippen LogP contribution is 2.31. The molecule has 0 fully saturated rings. The number of nitrogens with one attached hydrogen (secondary N) is 1. The van der Waals surface area contributed by atoms with Crippen LogP contribution in [0.15, 0.2) is 41.3 Å². The second kappa shape index (κ2) is 10.3. The summed E-state index contributed by atoms with van der Waals surface area (Å²) < 4.78 is 28.7. The van der Waals surface area contributed by atoms with Gasteiger partial charge in [0, 0.05) is 24.7 Å². The molecule has 0 saturated heterocycles. The zero-order valence-electron chi connectivity index (χ0n) is 19.1. The van der Waals surface area contributed by atoms with Crippen LogP contribution in [0, 0.1) is 22.0 Å². The fourth-order valence-electron chi connectivity index (χ4n) is 3.32. The van der Waals surface area contributed by atoms with Crippen molar-refractivity contribution in [2.45, 2.75) is 32.6 Å². The molecule has 0 unspecified atom stereocenters. The molecular formula is C22H25ClN4O5S2. The predicted molar refractivity (Wildman–Crippen MR) is 134 cm³/mol. The third kappa shape index (κ3) is 5.90. The predicted octanol–water partition coefficient (Wildman–Crippen LogP) is 5.41. The molecule has 0 spiro atoms. The lowest BCUT2D eigenvalue weighted by atomic mass is 10.2. The second-order valence-electron chi connectivity index (χ2n) is 8.64. The number of nitro benzene ring substituents is 1. The van der Waals surface area contributed by atoms with E-state index in [0.29, 0.717) is 23.3 Å². The molecule has 12 heteroatoms. The highest BCUT2D eigenvalue weighted by Gasteiger charge is 2.26. The molecule has 0 aliphatic carbocycles. The minimum Gasteiger partial charge on any atom is -0.298 e. The Labute approximate surface area is 207 Å². The molecule has 1 aromatic heterocycles. The molecule has 1 amide bonds. The van der Waals surface area contributed by atoms with E-state index in [0.717, 1.165) is 17.4 Å². The number of thiazole rings is 1. The van der Waals surface area contributed by atoms with Gasteiger partial charge in [-0.1, -0.05) is 50.6 Å². The van der Waals surface area contributed by atoms with E-state index in [1.54, 1.807) is 12.1 Å². The number of carbonyl (C=O) groups is 1. The highest BCUT2D eigenvalue weighted by atomic mass is 35.5. The first-order valence-corrected chi connectivity index (χ1v) is 13.2. The van der Waals surface area contributed by atoms with Gasteiger partial charge in [0.05, 0.1) is 20.0 Å². The van der Waals surface area contributed by atoms with Crippen LogP contribution < -0.4 is 5.32 Å². The molecule has 0 bridgehead atoms. The van der Waals surface area contributed by atoms with Crippen molar-refractivity contribution in [3.05, 3.63) is 57.1 Å². The molecule has 1 heterocycles. The molecular weight excluding hydrogens is 500 g/mol. The first-order valence-electron chi connectivity index (χ1n) is 10.5. The average molecular weight is 525 g/mol. The molecule has 0 radical (unpaired) electrons. The van der Waals surface area contributed by atoms with E-state index in [-0.39, 0.29) is 38.1 Å². The number of amides is 1. The molecule has 1 N–H and O–H groups in total. The summed E-state index contributed by atoms with van der Waals surface area (Å²) in [4.78, 5) is 27.5. The fourth-order valence-corrected chi connectivity index (χ4v) is 6.27. The lowest BCUT2D eigenvalue weighted by Gasteiger charge is -2.25. The Morgan fingerprint density at radius 2 is 1.79 bits per heavy atom. The molecule has 0 atom stereocenters. The fraction of sp³-hybridized carbons (Fsp3) is 0.364. The van der Waals surface area contributed by atoms with Gasteiger partial charge in [0.25, 0.3) is 11.6 Å². The van der Waals surface area contributed by atoms with Crippen LogP contribution in [0.3, 0.4) is 0 Å². The van der Waals surface area contributed by atoms with Gasteiger partial charge in [0.2, 0.25) is 10.0 Å². The second-order valence-corrected chi connectivity index (χ2v) is 12.0. The Kier molecular flexibility index (Phi) is 7.91. The van der Waals surface area contributed by atoms with Crippen LogP contribution in [0.25, 0.3) is 10.2 Å². The number of sulfonamides is 1. The summed E-state index contributed by atoms with van der Waals surface area (Å²) in [5.41, 5.74) is 0.207. The van der Waals surface area contributed by atoms with Gasteiger partial charge >= 0.3 is 0 Å². The first-order chi connectivity index (χ1) is 15.9. The van der Waals surface area contributed by atoms with Gasteiger partial charge < -0.3 is 0 Å². The molecule has 34 heavy (non-hydrogen) atoms. The molecule has 0 aliphatic rings.